The Labute approximate surface area is 199 Å². The highest BCUT2D eigenvalue weighted by Crippen LogP contribution is 2.23. The van der Waals surface area contributed by atoms with E-state index in [0.717, 1.165) is 6.39 Å². The zero-order valence-corrected chi connectivity index (χ0v) is 18.2. The molecule has 4 heterocycles. The van der Waals surface area contributed by atoms with Crippen LogP contribution in [0.2, 0.25) is 0 Å². The molecule has 0 saturated heterocycles. The van der Waals surface area contributed by atoms with Crippen molar-refractivity contribution in [3.05, 3.63) is 60.3 Å². The first-order chi connectivity index (χ1) is 17.4. The topological polar surface area (TPSA) is 208 Å². The molecule has 0 bridgehead atoms. The van der Waals surface area contributed by atoms with E-state index in [1.807, 2.05) is 0 Å². The Morgan fingerprint density at radius 1 is 0.750 bits per heavy atom. The predicted molar refractivity (Wildman–Crippen MR) is 120 cm³/mol. The lowest BCUT2D eigenvalue weighted by Gasteiger charge is -1.92. The van der Waals surface area contributed by atoms with E-state index < -0.39 is 5.97 Å². The molecule has 3 N–H and O–H groups in total. The number of oxazole rings is 2. The van der Waals surface area contributed by atoms with Crippen molar-refractivity contribution < 1.29 is 32.4 Å². The van der Waals surface area contributed by atoms with Crippen LogP contribution in [0.15, 0.2) is 66.9 Å². The van der Waals surface area contributed by atoms with Crippen LogP contribution in [0.4, 0.5) is 24.1 Å². The number of carboxylic acids is 1. The van der Waals surface area contributed by atoms with E-state index in [-0.39, 0.29) is 35.4 Å². The number of carbonyl (C=O) groups excluding carboxylic acids is 1. The molecule has 0 aliphatic heterocycles. The normalized spacial score (nSPS) is 10.7. The summed E-state index contributed by atoms with van der Waals surface area (Å²) in [7, 11) is 0. The van der Waals surface area contributed by atoms with E-state index in [9.17, 15) is 9.59 Å². The molecular formula is C21H14N8O7. The second-order valence-electron chi connectivity index (χ2n) is 7.00. The number of carbonyl (C=O) groups is 2. The van der Waals surface area contributed by atoms with Gasteiger partial charge in [-0.15, -0.1) is 10.2 Å². The molecule has 0 fully saturated rings. The molecule has 0 aliphatic rings. The second-order valence-corrected chi connectivity index (χ2v) is 7.00. The summed E-state index contributed by atoms with van der Waals surface area (Å²) in [5.41, 5.74) is 2.75. The van der Waals surface area contributed by atoms with Crippen LogP contribution >= 0.6 is 0 Å². The minimum Gasteiger partial charge on any atom is -0.478 e. The van der Waals surface area contributed by atoms with Gasteiger partial charge in [-0.2, -0.15) is 9.97 Å². The lowest BCUT2D eigenvalue weighted by molar-refractivity contribution is 0.0696. The molecular weight excluding hydrogens is 476 g/mol. The molecule has 0 saturated carbocycles. The van der Waals surface area contributed by atoms with E-state index in [4.69, 9.17) is 22.8 Å². The fraction of sp³-hybridized carbons (Fsp3) is 0.0476. The predicted octanol–water partition coefficient (Wildman–Crippen LogP) is 3.81. The maximum Gasteiger partial charge on any atom is 0.335 e. The van der Waals surface area contributed by atoms with Crippen LogP contribution in [0.1, 0.15) is 27.6 Å². The van der Waals surface area contributed by atoms with E-state index >= 15 is 0 Å². The van der Waals surface area contributed by atoms with Crippen LogP contribution in [0.3, 0.4) is 0 Å². The Bertz CT molecular complexity index is 1530. The van der Waals surface area contributed by atoms with E-state index in [1.54, 1.807) is 24.3 Å². The number of rotatable bonds is 6. The van der Waals surface area contributed by atoms with Gasteiger partial charge in [-0.1, -0.05) is 10.2 Å². The SMILES string of the molecule is CC(=O)c1ccc2nc(Nc3nnco3)oc2c1.O=C(O)c1ccc2nc(Nc3nnco3)oc2c1. The molecule has 0 aliphatic carbocycles. The number of benzene rings is 2. The van der Waals surface area contributed by atoms with Crippen molar-refractivity contribution in [1.82, 2.24) is 30.4 Å². The summed E-state index contributed by atoms with van der Waals surface area (Å²) >= 11 is 0. The lowest BCUT2D eigenvalue weighted by atomic mass is 10.1. The Morgan fingerprint density at radius 3 is 1.69 bits per heavy atom. The maximum absolute atomic E-state index is 11.2. The zero-order valence-electron chi connectivity index (χ0n) is 18.2. The smallest absolute Gasteiger partial charge is 0.335 e. The third kappa shape index (κ3) is 4.84. The number of carboxylic acid groups (broad SMARTS) is 1. The number of nitrogens with zero attached hydrogens (tertiary/aromatic N) is 6. The molecule has 36 heavy (non-hydrogen) atoms. The summed E-state index contributed by atoms with van der Waals surface area (Å²) in [6.07, 6.45) is 2.35. The number of fused-ring (bicyclic) bond motifs is 2. The highest BCUT2D eigenvalue weighted by molar-refractivity contribution is 5.97. The number of anilines is 4. The molecule has 15 nitrogen and oxygen atoms in total. The first-order valence-electron chi connectivity index (χ1n) is 10.1. The van der Waals surface area contributed by atoms with Crippen molar-refractivity contribution in [2.24, 2.45) is 0 Å². The van der Waals surface area contributed by atoms with E-state index in [0.29, 0.717) is 27.8 Å². The van der Waals surface area contributed by atoms with Crippen molar-refractivity contribution in [2.75, 3.05) is 10.6 Å². The Morgan fingerprint density at radius 2 is 1.25 bits per heavy atom. The van der Waals surface area contributed by atoms with Gasteiger partial charge in [-0.25, -0.2) is 4.79 Å². The molecule has 0 amide bonds. The van der Waals surface area contributed by atoms with Crippen LogP contribution in [-0.4, -0.2) is 47.2 Å². The van der Waals surface area contributed by atoms with Gasteiger partial charge in [0.05, 0.1) is 5.56 Å². The molecule has 6 aromatic rings. The number of nitrogens with one attached hydrogen (secondary N) is 2. The summed E-state index contributed by atoms with van der Waals surface area (Å²) in [6, 6.07) is 10.2. The van der Waals surface area contributed by atoms with Gasteiger partial charge in [-0.3, -0.25) is 15.4 Å². The molecule has 4 aromatic heterocycles. The molecule has 0 atom stereocenters. The van der Waals surface area contributed by atoms with Crippen LogP contribution < -0.4 is 10.6 Å². The van der Waals surface area contributed by atoms with Gasteiger partial charge in [0.25, 0.3) is 0 Å². The molecule has 15 heteroatoms. The number of Topliss-reactive ketones (excluding diaryl/α,β-unsaturated/α-hetero) is 1. The molecule has 0 radical (unpaired) electrons. The third-order valence-corrected chi connectivity index (χ3v) is 4.58. The van der Waals surface area contributed by atoms with Crippen LogP contribution in [-0.2, 0) is 0 Å². The van der Waals surface area contributed by atoms with Crippen molar-refractivity contribution in [1.29, 1.82) is 0 Å². The van der Waals surface area contributed by atoms with Gasteiger partial charge < -0.3 is 22.8 Å². The standard InChI is InChI=1S/C11H8N4O3.C10H6N4O4/c1-6(16)7-2-3-8-9(4-7)18-10(13-8)14-11-15-12-5-17-11;15-8(16)5-1-2-6-7(3-5)18-9(12-6)13-10-14-11-4-17-10/h2-5H,1H3,(H,13,14,15);1-4H,(H,15,16)(H,12,13,14). The van der Waals surface area contributed by atoms with Crippen molar-refractivity contribution in [2.45, 2.75) is 6.92 Å². The first-order valence-corrected chi connectivity index (χ1v) is 10.1. The Hall–Kier alpha value is -5.60. The van der Waals surface area contributed by atoms with E-state index in [1.165, 1.54) is 25.5 Å². The molecule has 2 aromatic carbocycles. The van der Waals surface area contributed by atoms with Crippen molar-refractivity contribution in [3.8, 4) is 0 Å². The number of aromatic carboxylic acids is 1. The summed E-state index contributed by atoms with van der Waals surface area (Å²) < 4.78 is 20.5. The number of ketones is 1. The molecule has 0 unspecified atom stereocenters. The summed E-state index contributed by atoms with van der Waals surface area (Å²) in [5.74, 6) is -1.06. The fourth-order valence-corrected chi connectivity index (χ4v) is 2.95. The number of hydrogen-bond donors (Lipinski definition) is 3. The average molecular weight is 490 g/mol. The van der Waals surface area contributed by atoms with Gasteiger partial charge in [-0.05, 0) is 43.3 Å². The minimum atomic E-state index is -1.03. The Balaban J connectivity index is 0.000000148. The molecule has 180 valence electrons. The van der Waals surface area contributed by atoms with Gasteiger partial charge in [0.15, 0.2) is 16.9 Å². The van der Waals surface area contributed by atoms with Gasteiger partial charge in [0.2, 0.25) is 12.8 Å². The first kappa shape index (κ1) is 22.2. The molecule has 6 rings (SSSR count). The Kier molecular flexibility index (Phi) is 5.76. The molecule has 0 spiro atoms. The van der Waals surface area contributed by atoms with Gasteiger partial charge in [0.1, 0.15) is 11.0 Å². The minimum absolute atomic E-state index is 0.0280. The van der Waals surface area contributed by atoms with Crippen molar-refractivity contribution in [3.63, 3.8) is 0 Å². The highest BCUT2D eigenvalue weighted by atomic mass is 16.4. The zero-order chi connectivity index (χ0) is 25.1. The summed E-state index contributed by atoms with van der Waals surface area (Å²) in [6.45, 7) is 1.50. The van der Waals surface area contributed by atoms with E-state index in [2.05, 4.69) is 41.0 Å². The van der Waals surface area contributed by atoms with Crippen LogP contribution in [0.25, 0.3) is 22.2 Å². The number of aromatic nitrogens is 6. The second kappa shape index (κ2) is 9.34. The quantitative estimate of drug-likeness (QED) is 0.283. The maximum atomic E-state index is 11.2. The van der Waals surface area contributed by atoms with Crippen LogP contribution in [0.5, 0.6) is 0 Å². The van der Waals surface area contributed by atoms with Gasteiger partial charge in [0, 0.05) is 5.56 Å². The van der Waals surface area contributed by atoms with Gasteiger partial charge >= 0.3 is 30.0 Å². The highest BCUT2D eigenvalue weighted by Gasteiger charge is 2.12. The fourth-order valence-electron chi connectivity index (χ4n) is 2.95. The lowest BCUT2D eigenvalue weighted by Crippen LogP contribution is -1.94. The van der Waals surface area contributed by atoms with Crippen LogP contribution in [0, 0.1) is 0 Å². The number of hydrogen-bond acceptors (Lipinski definition) is 14. The third-order valence-electron chi connectivity index (χ3n) is 4.58. The monoisotopic (exact) mass is 490 g/mol. The van der Waals surface area contributed by atoms with Crippen molar-refractivity contribution >= 4 is 58.0 Å². The summed E-state index contributed by atoms with van der Waals surface area (Å²) in [4.78, 5) is 30.3. The largest absolute Gasteiger partial charge is 0.478 e. The summed E-state index contributed by atoms with van der Waals surface area (Å²) in [5, 5.41) is 28.5. The average Bonchev–Trinajstić information content (AvgIpc) is 3.66.